The van der Waals surface area contributed by atoms with Gasteiger partial charge in [-0.15, -0.1) is 11.3 Å². The smallest absolute Gasteiger partial charge is 0.348 e. The van der Waals surface area contributed by atoms with Gasteiger partial charge in [0, 0.05) is 24.8 Å². The summed E-state index contributed by atoms with van der Waals surface area (Å²) in [7, 11) is 0. The van der Waals surface area contributed by atoms with Crippen molar-refractivity contribution < 1.29 is 19.5 Å². The van der Waals surface area contributed by atoms with Crippen LogP contribution in [0.3, 0.4) is 0 Å². The Kier molecular flexibility index (Phi) is 6.17. The standard InChI is InChI=1S/C19H24BrNO4S/c1-11-2-4-12(5-3-11)18(23)21(13-6-8-14(22)9-7-13)15-10-16(20)26-17(15)19(24)25/h10-13H,2-9H2,1H3,(H,24,25). The maximum absolute atomic E-state index is 13.4. The molecule has 7 heteroatoms. The van der Waals surface area contributed by atoms with E-state index in [0.717, 1.165) is 37.0 Å². The van der Waals surface area contributed by atoms with E-state index in [-0.39, 0.29) is 28.5 Å². The van der Waals surface area contributed by atoms with Crippen LogP contribution in [-0.4, -0.2) is 28.8 Å². The summed E-state index contributed by atoms with van der Waals surface area (Å²) < 4.78 is 0.701. The van der Waals surface area contributed by atoms with E-state index in [0.29, 0.717) is 41.1 Å². The molecule has 0 aromatic carbocycles. The lowest BCUT2D eigenvalue weighted by atomic mass is 9.81. The molecule has 2 aliphatic carbocycles. The summed E-state index contributed by atoms with van der Waals surface area (Å²) in [5.41, 5.74) is 0.484. The molecule has 2 saturated carbocycles. The van der Waals surface area contributed by atoms with E-state index in [1.54, 1.807) is 11.0 Å². The SMILES string of the molecule is CC1CCC(C(=O)N(c2cc(Br)sc2C(=O)O)C2CCC(=O)CC2)CC1. The van der Waals surface area contributed by atoms with Gasteiger partial charge in [0.25, 0.3) is 0 Å². The van der Waals surface area contributed by atoms with E-state index < -0.39 is 5.97 Å². The summed E-state index contributed by atoms with van der Waals surface area (Å²) in [5.74, 6) is -0.166. The number of aromatic carboxylic acids is 1. The monoisotopic (exact) mass is 441 g/mol. The molecule has 1 aromatic rings. The van der Waals surface area contributed by atoms with Gasteiger partial charge in [-0.3, -0.25) is 9.59 Å². The number of Topliss-reactive ketones (excluding diaryl/α,β-unsaturated/α-hetero) is 1. The van der Waals surface area contributed by atoms with Crippen LogP contribution >= 0.6 is 27.3 Å². The Morgan fingerprint density at radius 1 is 1.15 bits per heavy atom. The Bertz CT molecular complexity index is 698. The number of halogens is 1. The van der Waals surface area contributed by atoms with Crippen LogP contribution in [-0.2, 0) is 9.59 Å². The van der Waals surface area contributed by atoms with Gasteiger partial charge >= 0.3 is 5.97 Å². The minimum Gasteiger partial charge on any atom is -0.477 e. The van der Waals surface area contributed by atoms with E-state index in [4.69, 9.17) is 0 Å². The average molecular weight is 442 g/mol. The average Bonchev–Trinajstić information content (AvgIpc) is 2.99. The van der Waals surface area contributed by atoms with Crippen LogP contribution in [0.4, 0.5) is 5.69 Å². The molecule has 0 aliphatic heterocycles. The second-order valence-electron chi connectivity index (χ2n) is 7.50. The maximum atomic E-state index is 13.4. The van der Waals surface area contributed by atoms with Gasteiger partial charge in [0.1, 0.15) is 10.7 Å². The summed E-state index contributed by atoms with van der Waals surface area (Å²) in [6.07, 6.45) is 5.93. The van der Waals surface area contributed by atoms with Crippen molar-refractivity contribution in [2.45, 2.75) is 64.3 Å². The Morgan fingerprint density at radius 3 is 2.35 bits per heavy atom. The maximum Gasteiger partial charge on any atom is 0.348 e. The van der Waals surface area contributed by atoms with Crippen molar-refractivity contribution in [1.82, 2.24) is 0 Å². The zero-order chi connectivity index (χ0) is 18.8. The minimum atomic E-state index is -1.02. The molecule has 142 valence electrons. The second-order valence-corrected chi connectivity index (χ2v) is 9.94. The number of amides is 1. The fourth-order valence-corrected chi connectivity index (χ4v) is 5.48. The van der Waals surface area contributed by atoms with Gasteiger partial charge in [0.15, 0.2) is 0 Å². The molecular weight excluding hydrogens is 418 g/mol. The zero-order valence-corrected chi connectivity index (χ0v) is 17.3. The quantitative estimate of drug-likeness (QED) is 0.721. The number of hydrogen-bond donors (Lipinski definition) is 1. The van der Waals surface area contributed by atoms with Gasteiger partial charge in [0.05, 0.1) is 9.47 Å². The van der Waals surface area contributed by atoms with E-state index in [1.165, 1.54) is 0 Å². The van der Waals surface area contributed by atoms with Crippen molar-refractivity contribution in [3.63, 3.8) is 0 Å². The van der Waals surface area contributed by atoms with Crippen LogP contribution in [0.2, 0.25) is 0 Å². The van der Waals surface area contributed by atoms with Crippen molar-refractivity contribution in [3.05, 3.63) is 14.7 Å². The van der Waals surface area contributed by atoms with Crippen molar-refractivity contribution in [3.8, 4) is 0 Å². The fourth-order valence-electron chi connectivity index (χ4n) is 4.07. The first-order chi connectivity index (χ1) is 12.4. The number of carbonyl (C=O) groups is 3. The lowest BCUT2D eigenvalue weighted by Gasteiger charge is -2.37. The molecule has 5 nitrogen and oxygen atoms in total. The number of ketones is 1. The molecule has 3 rings (SSSR count). The van der Waals surface area contributed by atoms with Crippen molar-refractivity contribution in [1.29, 1.82) is 0 Å². The number of nitrogens with zero attached hydrogens (tertiary/aromatic N) is 1. The Morgan fingerprint density at radius 2 is 1.77 bits per heavy atom. The Balaban J connectivity index is 1.93. The van der Waals surface area contributed by atoms with Gasteiger partial charge in [-0.2, -0.15) is 0 Å². The lowest BCUT2D eigenvalue weighted by molar-refractivity contribution is -0.125. The lowest BCUT2D eigenvalue weighted by Crippen LogP contribution is -2.46. The van der Waals surface area contributed by atoms with Gasteiger partial charge in [0.2, 0.25) is 5.91 Å². The van der Waals surface area contributed by atoms with E-state index in [2.05, 4.69) is 22.9 Å². The number of thiophene rings is 1. The number of carbonyl (C=O) groups excluding carboxylic acids is 2. The molecule has 1 heterocycles. The summed E-state index contributed by atoms with van der Waals surface area (Å²) in [6, 6.07) is 1.65. The van der Waals surface area contributed by atoms with E-state index >= 15 is 0 Å². The molecule has 0 bridgehead atoms. The van der Waals surface area contributed by atoms with Crippen molar-refractivity contribution in [2.24, 2.45) is 11.8 Å². The first-order valence-corrected chi connectivity index (χ1v) is 10.8. The summed E-state index contributed by atoms with van der Waals surface area (Å²) in [4.78, 5) is 38.7. The predicted octanol–water partition coefficient (Wildman–Crippen LogP) is 4.88. The number of carboxylic acids is 1. The first-order valence-electron chi connectivity index (χ1n) is 9.24. The molecule has 0 atom stereocenters. The van der Waals surface area contributed by atoms with Gasteiger partial charge in [-0.05, 0) is 66.4 Å². The highest BCUT2D eigenvalue weighted by Crippen LogP contribution is 2.39. The fraction of sp³-hybridized carbons (Fsp3) is 0.632. The van der Waals surface area contributed by atoms with Crippen molar-refractivity contribution >= 4 is 50.6 Å². The molecule has 26 heavy (non-hydrogen) atoms. The van der Waals surface area contributed by atoms with Crippen LogP contribution in [0.15, 0.2) is 9.85 Å². The molecule has 0 saturated heterocycles. The molecule has 2 aliphatic rings. The highest BCUT2D eigenvalue weighted by atomic mass is 79.9. The summed E-state index contributed by atoms with van der Waals surface area (Å²) in [5, 5.41) is 9.59. The largest absolute Gasteiger partial charge is 0.477 e. The highest BCUT2D eigenvalue weighted by Gasteiger charge is 2.37. The summed E-state index contributed by atoms with van der Waals surface area (Å²) >= 11 is 4.51. The van der Waals surface area contributed by atoms with Gasteiger partial charge in [-0.25, -0.2) is 4.79 Å². The molecule has 1 N–H and O–H groups in total. The molecule has 0 radical (unpaired) electrons. The third-order valence-electron chi connectivity index (χ3n) is 5.62. The van der Waals surface area contributed by atoms with Crippen LogP contribution in [0.5, 0.6) is 0 Å². The van der Waals surface area contributed by atoms with Crippen LogP contribution in [0, 0.1) is 11.8 Å². The first kappa shape index (κ1) is 19.5. The van der Waals surface area contributed by atoms with Crippen LogP contribution < -0.4 is 4.90 Å². The van der Waals surface area contributed by atoms with Crippen LogP contribution in [0.1, 0.15) is 68.0 Å². The molecule has 0 spiro atoms. The topological polar surface area (TPSA) is 74.7 Å². The normalized spacial score (nSPS) is 24.5. The Hall–Kier alpha value is -1.21. The molecule has 1 amide bonds. The minimum absolute atomic E-state index is 0.0315. The number of anilines is 1. The molecular formula is C19H24BrNO4S. The Labute approximate surface area is 165 Å². The third kappa shape index (κ3) is 4.19. The van der Waals surface area contributed by atoms with Gasteiger partial charge < -0.3 is 10.0 Å². The number of carboxylic acid groups (broad SMARTS) is 1. The van der Waals surface area contributed by atoms with Crippen molar-refractivity contribution in [2.75, 3.05) is 4.90 Å². The van der Waals surface area contributed by atoms with Gasteiger partial charge in [-0.1, -0.05) is 6.92 Å². The predicted molar refractivity (Wildman–Crippen MR) is 105 cm³/mol. The molecule has 1 aromatic heterocycles. The number of hydrogen-bond acceptors (Lipinski definition) is 4. The zero-order valence-electron chi connectivity index (χ0n) is 14.9. The molecule has 0 unspecified atom stereocenters. The molecule has 2 fully saturated rings. The van der Waals surface area contributed by atoms with Crippen LogP contribution in [0.25, 0.3) is 0 Å². The van der Waals surface area contributed by atoms with E-state index in [1.807, 2.05) is 0 Å². The second kappa shape index (κ2) is 8.21. The summed E-state index contributed by atoms with van der Waals surface area (Å²) in [6.45, 7) is 2.21. The number of rotatable bonds is 4. The third-order valence-corrected chi connectivity index (χ3v) is 7.23. The van der Waals surface area contributed by atoms with E-state index in [9.17, 15) is 19.5 Å². The highest BCUT2D eigenvalue weighted by molar-refractivity contribution is 9.11.